The number of hydrogen-bond donors (Lipinski definition) is 2. The van der Waals surface area contributed by atoms with Gasteiger partial charge in [0.05, 0.1) is 36.0 Å². The van der Waals surface area contributed by atoms with E-state index in [2.05, 4.69) is 10.3 Å². The highest BCUT2D eigenvalue weighted by molar-refractivity contribution is 7.98. The van der Waals surface area contributed by atoms with Crippen LogP contribution in [-0.4, -0.2) is 29.2 Å². The molecule has 0 radical (unpaired) electrons. The number of carbonyl (C=O) groups excluding carboxylic acids is 1. The van der Waals surface area contributed by atoms with Crippen LogP contribution in [0.1, 0.15) is 42.0 Å². The van der Waals surface area contributed by atoms with E-state index < -0.39 is 11.9 Å². The van der Waals surface area contributed by atoms with Crippen LogP contribution >= 0.6 is 11.8 Å². The summed E-state index contributed by atoms with van der Waals surface area (Å²) in [6.45, 7) is 4.43. The van der Waals surface area contributed by atoms with Crippen LogP contribution in [0.25, 0.3) is 5.70 Å². The maximum Gasteiger partial charge on any atom is 0.337 e. The molecule has 39 heavy (non-hydrogen) atoms. The molecule has 3 aromatic carbocycles. The molecule has 5 rings (SSSR count). The number of anilines is 1. The summed E-state index contributed by atoms with van der Waals surface area (Å²) in [5, 5.41) is 3.82. The highest BCUT2D eigenvalue weighted by atomic mass is 32.2. The molecule has 0 saturated carbocycles. The van der Waals surface area contributed by atoms with Crippen molar-refractivity contribution >= 4 is 29.2 Å². The summed E-state index contributed by atoms with van der Waals surface area (Å²) >= 11 is 1.45. The van der Waals surface area contributed by atoms with Crippen molar-refractivity contribution in [3.05, 3.63) is 123 Å². The van der Waals surface area contributed by atoms with Crippen molar-refractivity contribution in [3.63, 3.8) is 0 Å². The molecular formula is C31H29N3O4S. The van der Waals surface area contributed by atoms with Crippen molar-refractivity contribution in [3.8, 4) is 5.75 Å². The summed E-state index contributed by atoms with van der Waals surface area (Å²) in [6, 6.07) is 27.0. The quantitative estimate of drug-likeness (QED) is 0.153. The number of carbonyl (C=O) groups is 1. The second kappa shape index (κ2) is 12.0. The van der Waals surface area contributed by atoms with Crippen molar-refractivity contribution in [2.45, 2.75) is 30.7 Å². The van der Waals surface area contributed by atoms with E-state index in [0.717, 1.165) is 16.7 Å². The fraction of sp³-hybridized carbons (Fsp3) is 0.194. The number of fused-ring (bicyclic) bond motifs is 1. The molecule has 2 N–H and O–H groups in total. The van der Waals surface area contributed by atoms with Crippen molar-refractivity contribution < 1.29 is 14.3 Å². The van der Waals surface area contributed by atoms with Gasteiger partial charge in [-0.2, -0.15) is 0 Å². The van der Waals surface area contributed by atoms with E-state index in [0.29, 0.717) is 45.9 Å². The van der Waals surface area contributed by atoms with E-state index in [1.54, 1.807) is 6.92 Å². The van der Waals surface area contributed by atoms with Crippen LogP contribution in [0.15, 0.2) is 100 Å². The van der Waals surface area contributed by atoms with Crippen molar-refractivity contribution in [2.24, 2.45) is 0 Å². The number of nitrogens with one attached hydrogen (secondary N) is 2. The van der Waals surface area contributed by atoms with E-state index in [4.69, 9.17) is 14.5 Å². The number of esters is 1. The molecular weight excluding hydrogens is 510 g/mol. The average Bonchev–Trinajstić information content (AvgIpc) is 2.97. The molecule has 0 fully saturated rings. The Bertz CT molecular complexity index is 1530. The Morgan fingerprint density at radius 1 is 0.923 bits per heavy atom. The summed E-state index contributed by atoms with van der Waals surface area (Å²) in [4.78, 5) is 34.9. The van der Waals surface area contributed by atoms with E-state index >= 15 is 0 Å². The highest BCUT2D eigenvalue weighted by Gasteiger charge is 2.38. The molecule has 1 aromatic heterocycles. The van der Waals surface area contributed by atoms with Crippen LogP contribution < -0.4 is 15.6 Å². The number of aromatic amines is 1. The second-order valence-corrected chi connectivity index (χ2v) is 9.81. The summed E-state index contributed by atoms with van der Waals surface area (Å²) in [7, 11) is 0. The Labute approximate surface area is 231 Å². The largest absolute Gasteiger partial charge is 0.494 e. The monoisotopic (exact) mass is 539 g/mol. The molecule has 1 atom stereocenters. The minimum atomic E-state index is -0.699. The molecule has 0 bridgehead atoms. The third-order valence-corrected chi connectivity index (χ3v) is 7.27. The Morgan fingerprint density at radius 3 is 2.28 bits per heavy atom. The van der Waals surface area contributed by atoms with Crippen LogP contribution in [-0.2, 0) is 15.3 Å². The van der Waals surface area contributed by atoms with Gasteiger partial charge in [-0.25, -0.2) is 9.78 Å². The van der Waals surface area contributed by atoms with Gasteiger partial charge in [-0.05, 0) is 42.7 Å². The van der Waals surface area contributed by atoms with Gasteiger partial charge in [0.2, 0.25) is 0 Å². The summed E-state index contributed by atoms with van der Waals surface area (Å²) in [6.07, 6.45) is 0. The fourth-order valence-corrected chi connectivity index (χ4v) is 5.43. The first-order valence-electron chi connectivity index (χ1n) is 12.9. The van der Waals surface area contributed by atoms with Gasteiger partial charge in [-0.3, -0.25) is 4.79 Å². The summed E-state index contributed by atoms with van der Waals surface area (Å²) in [5.41, 5.74) is 3.66. The minimum Gasteiger partial charge on any atom is -0.494 e. The summed E-state index contributed by atoms with van der Waals surface area (Å²) < 4.78 is 11.1. The number of ether oxygens (including phenoxy) is 2. The molecule has 0 spiro atoms. The number of thioether (sulfide) groups is 1. The van der Waals surface area contributed by atoms with Gasteiger partial charge in [0.1, 0.15) is 11.6 Å². The normalized spacial score (nSPS) is 14.4. The van der Waals surface area contributed by atoms with E-state index in [1.165, 1.54) is 11.8 Å². The maximum absolute atomic E-state index is 13.7. The number of benzene rings is 3. The molecule has 8 heteroatoms. The maximum atomic E-state index is 13.7. The first kappa shape index (κ1) is 26.3. The van der Waals surface area contributed by atoms with Crippen molar-refractivity contribution in [1.82, 2.24) is 9.97 Å². The van der Waals surface area contributed by atoms with Crippen LogP contribution in [0.5, 0.6) is 5.75 Å². The van der Waals surface area contributed by atoms with Crippen LogP contribution in [0, 0.1) is 0 Å². The Morgan fingerprint density at radius 2 is 1.62 bits per heavy atom. The third-order valence-electron chi connectivity index (χ3n) is 6.32. The van der Waals surface area contributed by atoms with Gasteiger partial charge in [-0.15, -0.1) is 0 Å². The number of H-pyrrole nitrogens is 1. The predicted molar refractivity (Wildman–Crippen MR) is 154 cm³/mol. The van der Waals surface area contributed by atoms with E-state index in [1.807, 2.05) is 91.9 Å². The molecule has 0 aliphatic carbocycles. The SMILES string of the molecule is CCOC(=O)C1=C(c2ccccc2)Nc2nc(SCc3ccccc3)[nH]c(=O)c2C1c1ccc(OCC)cc1. The van der Waals surface area contributed by atoms with Gasteiger partial charge in [0.15, 0.2) is 5.16 Å². The van der Waals surface area contributed by atoms with E-state index in [-0.39, 0.29) is 12.2 Å². The topological polar surface area (TPSA) is 93.3 Å². The first-order valence-corrected chi connectivity index (χ1v) is 13.8. The molecule has 198 valence electrons. The fourth-order valence-electron chi connectivity index (χ4n) is 4.61. The molecule has 1 aliphatic heterocycles. The van der Waals surface area contributed by atoms with Crippen molar-refractivity contribution in [2.75, 3.05) is 18.5 Å². The van der Waals surface area contributed by atoms with Gasteiger partial charge >= 0.3 is 5.97 Å². The lowest BCUT2D eigenvalue weighted by molar-refractivity contribution is -0.138. The lowest BCUT2D eigenvalue weighted by Crippen LogP contribution is -2.31. The zero-order valence-electron chi connectivity index (χ0n) is 21.8. The van der Waals surface area contributed by atoms with Crippen LogP contribution in [0.3, 0.4) is 0 Å². The smallest absolute Gasteiger partial charge is 0.337 e. The van der Waals surface area contributed by atoms with Crippen LogP contribution in [0.2, 0.25) is 0 Å². The average molecular weight is 540 g/mol. The highest BCUT2D eigenvalue weighted by Crippen LogP contribution is 2.43. The van der Waals surface area contributed by atoms with Gasteiger partial charge in [0.25, 0.3) is 5.56 Å². The Hall–Kier alpha value is -4.30. The Balaban J connectivity index is 1.66. The third kappa shape index (κ3) is 5.76. The van der Waals surface area contributed by atoms with Gasteiger partial charge in [-0.1, -0.05) is 84.6 Å². The molecule has 7 nitrogen and oxygen atoms in total. The molecule has 0 saturated heterocycles. The molecule has 1 unspecified atom stereocenters. The standard InChI is InChI=1S/C31H29N3O4S/c1-3-37-23-17-15-21(16-18-23)24-25(30(36)38-4-2)27(22-13-9-6-10-14-22)32-28-26(24)29(35)34-31(33-28)39-19-20-11-7-5-8-12-20/h5-18,24H,3-4,19H2,1-2H3,(H2,32,33,34,35). The predicted octanol–water partition coefficient (Wildman–Crippen LogP) is 5.99. The summed E-state index contributed by atoms with van der Waals surface area (Å²) in [5.74, 6) is 0.589. The first-order chi connectivity index (χ1) is 19.1. The minimum absolute atomic E-state index is 0.205. The van der Waals surface area contributed by atoms with Crippen molar-refractivity contribution in [1.29, 1.82) is 0 Å². The zero-order chi connectivity index (χ0) is 27.2. The van der Waals surface area contributed by atoms with Gasteiger partial charge < -0.3 is 19.8 Å². The number of rotatable bonds is 9. The lowest BCUT2D eigenvalue weighted by atomic mass is 9.81. The number of aromatic nitrogens is 2. The second-order valence-electron chi connectivity index (χ2n) is 8.84. The molecule has 0 amide bonds. The lowest BCUT2D eigenvalue weighted by Gasteiger charge is -2.30. The number of hydrogen-bond acceptors (Lipinski definition) is 7. The molecule has 4 aromatic rings. The van der Waals surface area contributed by atoms with Gasteiger partial charge in [0, 0.05) is 5.75 Å². The number of nitrogens with zero attached hydrogens (tertiary/aromatic N) is 1. The zero-order valence-corrected chi connectivity index (χ0v) is 22.6. The molecule has 1 aliphatic rings. The van der Waals surface area contributed by atoms with E-state index in [9.17, 15) is 9.59 Å². The Kier molecular flexibility index (Phi) is 8.13. The molecule has 2 heterocycles. The van der Waals surface area contributed by atoms with Crippen LogP contribution in [0.4, 0.5) is 5.82 Å².